The highest BCUT2D eigenvalue weighted by Gasteiger charge is 2.14. The molecule has 0 heterocycles. The van der Waals surface area contributed by atoms with E-state index < -0.39 is 10.0 Å². The van der Waals surface area contributed by atoms with Crippen LogP contribution in [0.15, 0.2) is 47.4 Å². The number of aryl methyl sites for hydroxylation is 1. The highest BCUT2D eigenvalue weighted by Crippen LogP contribution is 2.26. The second-order valence-corrected chi connectivity index (χ2v) is 6.13. The molecule has 0 fully saturated rings. The second kappa shape index (κ2) is 5.52. The predicted octanol–water partition coefficient (Wildman–Crippen LogP) is 1.84. The van der Waals surface area contributed by atoms with Gasteiger partial charge in [0.15, 0.2) is 0 Å². The Morgan fingerprint density at radius 1 is 1.10 bits per heavy atom. The van der Waals surface area contributed by atoms with Crippen LogP contribution in [0.3, 0.4) is 0 Å². The second-order valence-electron chi connectivity index (χ2n) is 4.60. The first-order chi connectivity index (χ1) is 9.38. The predicted molar refractivity (Wildman–Crippen MR) is 80.7 cm³/mol. The van der Waals surface area contributed by atoms with Gasteiger partial charge in [-0.15, -0.1) is 0 Å². The van der Waals surface area contributed by atoms with Crippen molar-refractivity contribution in [1.29, 1.82) is 0 Å². The topological polar surface area (TPSA) is 98.2 Å². The van der Waals surface area contributed by atoms with Crippen LogP contribution in [0.4, 0.5) is 11.4 Å². The quantitative estimate of drug-likeness (QED) is 0.748. The van der Waals surface area contributed by atoms with Gasteiger partial charge in [0.25, 0.3) is 0 Å². The van der Waals surface area contributed by atoms with Crippen molar-refractivity contribution in [2.45, 2.75) is 18.4 Å². The molecule has 0 unspecified atom stereocenters. The van der Waals surface area contributed by atoms with Crippen molar-refractivity contribution < 1.29 is 8.42 Å². The third-order valence-electron chi connectivity index (χ3n) is 2.98. The summed E-state index contributed by atoms with van der Waals surface area (Å²) in [4.78, 5) is -0.0635. The molecule has 2 aromatic carbocycles. The molecule has 0 aromatic heterocycles. The Bertz CT molecular complexity index is 710. The first kappa shape index (κ1) is 14.4. The first-order valence-corrected chi connectivity index (χ1v) is 7.63. The van der Waals surface area contributed by atoms with Gasteiger partial charge in [-0.3, -0.25) is 0 Å². The van der Waals surface area contributed by atoms with Crippen LogP contribution in [0.25, 0.3) is 0 Å². The molecular formula is C14H17N3O2S. The maximum Gasteiger partial charge on any atom is 0.240 e. The highest BCUT2D eigenvalue weighted by molar-refractivity contribution is 7.89. The molecule has 0 amide bonds. The summed E-state index contributed by atoms with van der Waals surface area (Å²) in [5.74, 6) is 0. The summed E-state index contributed by atoms with van der Waals surface area (Å²) < 4.78 is 22.8. The van der Waals surface area contributed by atoms with Gasteiger partial charge in [-0.2, -0.15) is 0 Å². The van der Waals surface area contributed by atoms with Crippen LogP contribution in [-0.4, -0.2) is 8.42 Å². The van der Waals surface area contributed by atoms with Crippen LogP contribution >= 0.6 is 0 Å². The molecule has 5 nitrogen and oxygen atoms in total. The van der Waals surface area contributed by atoms with E-state index in [-0.39, 0.29) is 10.6 Å². The minimum atomic E-state index is -3.81. The zero-order chi connectivity index (χ0) is 14.8. The van der Waals surface area contributed by atoms with Crippen molar-refractivity contribution in [2.75, 3.05) is 11.1 Å². The van der Waals surface area contributed by atoms with E-state index in [0.29, 0.717) is 12.2 Å². The van der Waals surface area contributed by atoms with Crippen molar-refractivity contribution in [2.24, 2.45) is 5.14 Å². The summed E-state index contributed by atoms with van der Waals surface area (Å²) in [5.41, 5.74) is 8.79. The zero-order valence-electron chi connectivity index (χ0n) is 11.1. The summed E-state index contributed by atoms with van der Waals surface area (Å²) in [6.45, 7) is 2.57. The first-order valence-electron chi connectivity index (χ1n) is 6.08. The summed E-state index contributed by atoms with van der Waals surface area (Å²) in [5, 5.41) is 8.23. The fourth-order valence-corrected chi connectivity index (χ4v) is 2.53. The minimum absolute atomic E-state index is 0.0635. The van der Waals surface area contributed by atoms with E-state index >= 15 is 0 Å². The van der Waals surface area contributed by atoms with Gasteiger partial charge >= 0.3 is 0 Å². The van der Waals surface area contributed by atoms with E-state index in [2.05, 4.69) is 5.32 Å². The van der Waals surface area contributed by atoms with Crippen LogP contribution in [0.1, 0.15) is 11.1 Å². The molecule has 0 aliphatic heterocycles. The Morgan fingerprint density at radius 2 is 1.75 bits per heavy atom. The molecule has 2 aromatic rings. The molecule has 0 bridgehead atoms. The molecule has 0 saturated heterocycles. The maximum atomic E-state index is 11.4. The molecule has 0 radical (unpaired) electrons. The van der Waals surface area contributed by atoms with Gasteiger partial charge < -0.3 is 11.1 Å². The number of anilines is 2. The lowest BCUT2D eigenvalue weighted by atomic mass is 10.1. The lowest BCUT2D eigenvalue weighted by Gasteiger charge is -2.12. The van der Waals surface area contributed by atoms with E-state index in [4.69, 9.17) is 10.9 Å². The molecule has 0 saturated carbocycles. The largest absolute Gasteiger partial charge is 0.396 e. The normalized spacial score (nSPS) is 11.3. The smallest absolute Gasteiger partial charge is 0.240 e. The molecule has 20 heavy (non-hydrogen) atoms. The number of sulfonamides is 1. The maximum absolute atomic E-state index is 11.4. The molecular weight excluding hydrogens is 274 g/mol. The monoisotopic (exact) mass is 291 g/mol. The van der Waals surface area contributed by atoms with Crippen LogP contribution in [-0.2, 0) is 16.6 Å². The number of para-hydroxylation sites is 1. The average Bonchev–Trinajstić information content (AvgIpc) is 2.38. The molecule has 0 spiro atoms. The van der Waals surface area contributed by atoms with Gasteiger partial charge in [-0.1, -0.05) is 35.9 Å². The summed E-state index contributed by atoms with van der Waals surface area (Å²) in [7, 11) is -3.81. The van der Waals surface area contributed by atoms with Crippen LogP contribution in [0.2, 0.25) is 0 Å². The molecule has 2 rings (SSSR count). The zero-order valence-corrected chi connectivity index (χ0v) is 11.9. The van der Waals surface area contributed by atoms with Crippen molar-refractivity contribution >= 4 is 21.4 Å². The Hall–Kier alpha value is -2.05. The Morgan fingerprint density at radius 3 is 2.35 bits per heavy atom. The van der Waals surface area contributed by atoms with Crippen LogP contribution in [0.5, 0.6) is 0 Å². The van der Waals surface area contributed by atoms with E-state index in [1.54, 1.807) is 12.1 Å². The van der Waals surface area contributed by atoms with Gasteiger partial charge in [0, 0.05) is 6.54 Å². The average molecular weight is 291 g/mol. The number of hydrogen-bond acceptors (Lipinski definition) is 4. The van der Waals surface area contributed by atoms with Gasteiger partial charge in [0.2, 0.25) is 10.0 Å². The van der Waals surface area contributed by atoms with Gasteiger partial charge in [-0.25, -0.2) is 13.6 Å². The summed E-state index contributed by atoms with van der Waals surface area (Å²) >= 11 is 0. The third kappa shape index (κ3) is 3.28. The van der Waals surface area contributed by atoms with Crippen molar-refractivity contribution in [3.05, 3.63) is 53.6 Å². The summed E-state index contributed by atoms with van der Waals surface area (Å²) in [6.07, 6.45) is 0. The lowest BCUT2D eigenvalue weighted by molar-refractivity contribution is 0.598. The molecule has 106 valence electrons. The third-order valence-corrected chi connectivity index (χ3v) is 3.95. The van der Waals surface area contributed by atoms with Gasteiger partial charge in [0.1, 0.15) is 4.90 Å². The van der Waals surface area contributed by atoms with Crippen LogP contribution in [0, 0.1) is 6.92 Å². The standard InChI is InChI=1S/C14H17N3O2S/c1-10-5-7-11(8-6-10)9-17-12-3-2-4-13(14(12)15)20(16,18)19/h2-8,17H,9,15H2,1H3,(H2,16,18,19). The molecule has 0 aliphatic rings. The fourth-order valence-electron chi connectivity index (χ4n) is 1.85. The minimum Gasteiger partial charge on any atom is -0.396 e. The van der Waals surface area contributed by atoms with Crippen molar-refractivity contribution in [1.82, 2.24) is 0 Å². The van der Waals surface area contributed by atoms with E-state index in [9.17, 15) is 8.42 Å². The van der Waals surface area contributed by atoms with E-state index in [1.807, 2.05) is 31.2 Å². The SMILES string of the molecule is Cc1ccc(CNc2cccc(S(N)(=O)=O)c2N)cc1. The van der Waals surface area contributed by atoms with Crippen molar-refractivity contribution in [3.63, 3.8) is 0 Å². The number of primary sulfonamides is 1. The number of benzene rings is 2. The van der Waals surface area contributed by atoms with Crippen molar-refractivity contribution in [3.8, 4) is 0 Å². The number of nitrogens with one attached hydrogen (secondary N) is 1. The lowest BCUT2D eigenvalue weighted by Crippen LogP contribution is -2.15. The van der Waals surface area contributed by atoms with E-state index in [1.165, 1.54) is 11.6 Å². The fraction of sp³-hybridized carbons (Fsp3) is 0.143. The number of nitrogens with two attached hydrogens (primary N) is 2. The Kier molecular flexibility index (Phi) is 3.96. The van der Waals surface area contributed by atoms with Gasteiger partial charge in [0.05, 0.1) is 11.4 Å². The Balaban J connectivity index is 2.20. The number of nitrogen functional groups attached to an aromatic ring is 1. The summed E-state index contributed by atoms with van der Waals surface area (Å²) in [6, 6.07) is 12.7. The number of rotatable bonds is 4. The molecule has 5 N–H and O–H groups in total. The van der Waals surface area contributed by atoms with Crippen LogP contribution < -0.4 is 16.2 Å². The number of hydrogen-bond donors (Lipinski definition) is 3. The van der Waals surface area contributed by atoms with Gasteiger partial charge in [-0.05, 0) is 24.6 Å². The van der Waals surface area contributed by atoms with E-state index in [0.717, 1.165) is 5.56 Å². The molecule has 6 heteroatoms. The molecule has 0 aliphatic carbocycles. The Labute approximate surface area is 118 Å². The molecule has 0 atom stereocenters. The highest BCUT2D eigenvalue weighted by atomic mass is 32.2.